The largest absolute Gasteiger partial charge is 0.481 e. The summed E-state index contributed by atoms with van der Waals surface area (Å²) in [6, 6.07) is 8.23. The van der Waals surface area contributed by atoms with E-state index in [0.29, 0.717) is 44.0 Å². The van der Waals surface area contributed by atoms with Crippen molar-refractivity contribution in [2.24, 2.45) is 0 Å². The Morgan fingerprint density at radius 2 is 2.03 bits per heavy atom. The summed E-state index contributed by atoms with van der Waals surface area (Å²) < 4.78 is 27.6. The monoisotopic (exact) mass is 451 g/mol. The van der Waals surface area contributed by atoms with Gasteiger partial charge in [0.2, 0.25) is 0 Å². The molecule has 0 spiro atoms. The first-order valence-electron chi connectivity index (χ1n) is 9.60. The highest BCUT2D eigenvalue weighted by molar-refractivity contribution is 7.16. The number of anilines is 1. The number of fused-ring (bicyclic) bond motifs is 2. The summed E-state index contributed by atoms with van der Waals surface area (Å²) in [4.78, 5) is 28.4. The fraction of sp³-hybridized carbons (Fsp3) is 0.0909. The van der Waals surface area contributed by atoms with Crippen LogP contribution in [0.4, 0.5) is 14.6 Å². The number of hydrogen-bond donors (Lipinski definition) is 3. The van der Waals surface area contributed by atoms with Gasteiger partial charge in [-0.1, -0.05) is 12.1 Å². The van der Waals surface area contributed by atoms with Gasteiger partial charge in [-0.2, -0.15) is 0 Å². The maximum Gasteiger partial charge on any atom is 0.305 e. The summed E-state index contributed by atoms with van der Waals surface area (Å²) in [6.07, 6.45) is 2.49. The van der Waals surface area contributed by atoms with Crippen molar-refractivity contribution in [3.05, 3.63) is 71.4 Å². The third kappa shape index (κ3) is 3.76. The average Bonchev–Trinajstić information content (AvgIpc) is 3.39. The quantitative estimate of drug-likeness (QED) is 0.330. The van der Waals surface area contributed by atoms with E-state index in [2.05, 4.69) is 25.3 Å². The van der Waals surface area contributed by atoms with Crippen molar-refractivity contribution in [2.45, 2.75) is 12.5 Å². The molecule has 0 aliphatic carbocycles. The summed E-state index contributed by atoms with van der Waals surface area (Å²) >= 11 is 1.39. The van der Waals surface area contributed by atoms with Crippen LogP contribution >= 0.6 is 11.3 Å². The molecule has 4 heterocycles. The Labute approximate surface area is 183 Å². The minimum Gasteiger partial charge on any atom is -0.481 e. The van der Waals surface area contributed by atoms with Gasteiger partial charge in [0.25, 0.3) is 0 Å². The number of carbonyl (C=O) groups is 1. The molecule has 4 aromatic heterocycles. The zero-order chi connectivity index (χ0) is 22.2. The lowest BCUT2D eigenvalue weighted by molar-refractivity contribution is -0.137. The second-order valence-corrected chi connectivity index (χ2v) is 8.03. The number of hydrogen-bond acceptors (Lipinski definition) is 6. The van der Waals surface area contributed by atoms with E-state index < -0.39 is 23.6 Å². The zero-order valence-electron chi connectivity index (χ0n) is 16.3. The molecule has 0 bridgehead atoms. The number of pyridine rings is 1. The smallest absolute Gasteiger partial charge is 0.305 e. The molecule has 0 saturated heterocycles. The van der Waals surface area contributed by atoms with Crippen LogP contribution in [0.3, 0.4) is 0 Å². The molecule has 0 radical (unpaired) electrons. The molecular weight excluding hydrogens is 436 g/mol. The van der Waals surface area contributed by atoms with Crippen molar-refractivity contribution in [3.8, 4) is 11.4 Å². The standard InChI is InChI=1S/C22H15F2N5O2S/c23-12-3-1-2-11(6-12)17(8-18(30)31)27-20-14-4-5-32-22(14)29-21(28-20)16-10-26-19-15(16)7-13(24)9-25-19/h1-7,9-10,17H,8H2,(H,25,26)(H,30,31)(H,27,28,29). The maximum absolute atomic E-state index is 13.8. The maximum atomic E-state index is 13.8. The van der Waals surface area contributed by atoms with Crippen LogP contribution in [-0.2, 0) is 4.79 Å². The second kappa shape index (κ2) is 7.97. The van der Waals surface area contributed by atoms with Crippen LogP contribution in [0.2, 0.25) is 0 Å². The van der Waals surface area contributed by atoms with E-state index >= 15 is 0 Å². The molecule has 0 saturated carbocycles. The number of nitrogens with zero attached hydrogens (tertiary/aromatic N) is 3. The van der Waals surface area contributed by atoms with Gasteiger partial charge in [-0.15, -0.1) is 11.3 Å². The molecule has 0 aliphatic rings. The first-order valence-corrected chi connectivity index (χ1v) is 10.5. The van der Waals surface area contributed by atoms with Gasteiger partial charge in [-0.25, -0.2) is 23.7 Å². The molecule has 0 fully saturated rings. The Kier molecular flexibility index (Phi) is 4.98. The molecule has 1 atom stereocenters. The van der Waals surface area contributed by atoms with Gasteiger partial charge in [0.1, 0.15) is 27.9 Å². The Balaban J connectivity index is 1.62. The predicted molar refractivity (Wildman–Crippen MR) is 117 cm³/mol. The highest BCUT2D eigenvalue weighted by Gasteiger charge is 2.20. The SMILES string of the molecule is O=C(O)CC(Nc1nc(-c2c[nH]c3ncc(F)cc23)nc2sccc12)c1cccc(F)c1. The van der Waals surface area contributed by atoms with Gasteiger partial charge in [0.05, 0.1) is 24.0 Å². The van der Waals surface area contributed by atoms with Gasteiger partial charge in [-0.05, 0) is 35.2 Å². The summed E-state index contributed by atoms with van der Waals surface area (Å²) in [7, 11) is 0. The van der Waals surface area contributed by atoms with Gasteiger partial charge < -0.3 is 15.4 Å². The number of rotatable bonds is 6. The van der Waals surface area contributed by atoms with Crippen molar-refractivity contribution < 1.29 is 18.7 Å². The van der Waals surface area contributed by atoms with Crippen molar-refractivity contribution in [3.63, 3.8) is 0 Å². The molecular formula is C22H15F2N5O2S. The molecule has 1 unspecified atom stereocenters. The molecule has 32 heavy (non-hydrogen) atoms. The van der Waals surface area contributed by atoms with Crippen molar-refractivity contribution in [1.82, 2.24) is 19.9 Å². The molecule has 160 valence electrons. The lowest BCUT2D eigenvalue weighted by Crippen LogP contribution is -2.16. The zero-order valence-corrected chi connectivity index (χ0v) is 17.2. The fourth-order valence-corrected chi connectivity index (χ4v) is 4.33. The molecule has 10 heteroatoms. The first-order chi connectivity index (χ1) is 15.5. The van der Waals surface area contributed by atoms with Crippen LogP contribution in [0, 0.1) is 11.6 Å². The van der Waals surface area contributed by atoms with Crippen LogP contribution in [0.15, 0.2) is 54.2 Å². The minimum absolute atomic E-state index is 0.281. The number of carboxylic acid groups (broad SMARTS) is 1. The van der Waals surface area contributed by atoms with E-state index in [9.17, 15) is 18.7 Å². The lowest BCUT2D eigenvalue weighted by atomic mass is 10.0. The Bertz CT molecular complexity index is 1470. The van der Waals surface area contributed by atoms with E-state index in [-0.39, 0.29) is 6.42 Å². The second-order valence-electron chi connectivity index (χ2n) is 7.14. The van der Waals surface area contributed by atoms with Gasteiger partial charge in [-0.3, -0.25) is 4.79 Å². The number of aromatic nitrogens is 4. The summed E-state index contributed by atoms with van der Waals surface area (Å²) in [5.41, 5.74) is 1.54. The van der Waals surface area contributed by atoms with Crippen LogP contribution in [-0.4, -0.2) is 31.0 Å². The molecule has 0 amide bonds. The van der Waals surface area contributed by atoms with Crippen molar-refractivity contribution in [2.75, 3.05) is 5.32 Å². The number of carboxylic acids is 1. The van der Waals surface area contributed by atoms with Crippen molar-refractivity contribution >= 4 is 44.4 Å². The summed E-state index contributed by atoms with van der Waals surface area (Å²) in [6.45, 7) is 0. The number of benzene rings is 1. The molecule has 5 rings (SSSR count). The van der Waals surface area contributed by atoms with E-state index in [1.54, 1.807) is 12.3 Å². The molecule has 5 aromatic rings. The lowest BCUT2D eigenvalue weighted by Gasteiger charge is -2.19. The highest BCUT2D eigenvalue weighted by atomic mass is 32.1. The van der Waals surface area contributed by atoms with E-state index in [1.807, 2.05) is 11.4 Å². The number of aliphatic carboxylic acids is 1. The topological polar surface area (TPSA) is 104 Å². The molecule has 0 aliphatic heterocycles. The van der Waals surface area contributed by atoms with Gasteiger partial charge >= 0.3 is 5.97 Å². The summed E-state index contributed by atoms with van der Waals surface area (Å²) in [5, 5.41) is 15.6. The predicted octanol–water partition coefficient (Wildman–Crippen LogP) is 5.14. The third-order valence-electron chi connectivity index (χ3n) is 5.00. The number of halogens is 2. The molecule has 3 N–H and O–H groups in total. The third-order valence-corrected chi connectivity index (χ3v) is 5.81. The van der Waals surface area contributed by atoms with E-state index in [0.717, 1.165) is 6.20 Å². The number of H-pyrrole nitrogens is 1. The normalized spacial score (nSPS) is 12.3. The van der Waals surface area contributed by atoms with E-state index in [4.69, 9.17) is 0 Å². The van der Waals surface area contributed by atoms with Crippen LogP contribution < -0.4 is 5.32 Å². The number of thiophene rings is 1. The average molecular weight is 451 g/mol. The van der Waals surface area contributed by atoms with Gasteiger partial charge in [0.15, 0.2) is 5.82 Å². The van der Waals surface area contributed by atoms with Crippen LogP contribution in [0.5, 0.6) is 0 Å². The fourth-order valence-electron chi connectivity index (χ4n) is 3.56. The highest BCUT2D eigenvalue weighted by Crippen LogP contribution is 2.34. The van der Waals surface area contributed by atoms with E-state index in [1.165, 1.54) is 35.6 Å². The van der Waals surface area contributed by atoms with Crippen molar-refractivity contribution in [1.29, 1.82) is 0 Å². The number of aromatic amines is 1. The van der Waals surface area contributed by atoms with Gasteiger partial charge in [0, 0.05) is 17.1 Å². The summed E-state index contributed by atoms with van der Waals surface area (Å²) in [5.74, 6) is -1.26. The van der Waals surface area contributed by atoms with Crippen LogP contribution in [0.25, 0.3) is 32.6 Å². The Morgan fingerprint density at radius 3 is 2.84 bits per heavy atom. The molecule has 7 nitrogen and oxygen atoms in total. The minimum atomic E-state index is -1.04. The Hall–Kier alpha value is -3.92. The Morgan fingerprint density at radius 1 is 1.16 bits per heavy atom. The molecule has 1 aromatic carbocycles. The first kappa shape index (κ1) is 20.0. The number of nitrogens with one attached hydrogen (secondary N) is 2. The van der Waals surface area contributed by atoms with Crippen LogP contribution in [0.1, 0.15) is 18.0 Å².